The van der Waals surface area contributed by atoms with E-state index in [2.05, 4.69) is 15.0 Å². The molecule has 58 valence electrons. The van der Waals surface area contributed by atoms with Crippen LogP contribution in [0.15, 0.2) is 24.5 Å². The first kappa shape index (κ1) is 7.02. The van der Waals surface area contributed by atoms with Gasteiger partial charge >= 0.3 is 74.6 Å². The second kappa shape index (κ2) is 2.77. The summed E-state index contributed by atoms with van der Waals surface area (Å²) >= 11 is 0.0892. The Morgan fingerprint density at radius 1 is 1.55 bits per heavy atom. The number of nitrogens with zero attached hydrogens (tertiary/aromatic N) is 3. The fourth-order valence-corrected chi connectivity index (χ4v) is 1.92. The summed E-state index contributed by atoms with van der Waals surface area (Å²) in [6.07, 6.45) is 3.77. The van der Waals surface area contributed by atoms with Crippen LogP contribution in [-0.4, -0.2) is 19.5 Å². The van der Waals surface area contributed by atoms with Crippen molar-refractivity contribution < 1.29 is 21.2 Å². The predicted octanol–water partition coefficient (Wildman–Crippen LogP) is -2.38. The topological polar surface area (TPSA) is 30.2 Å². The van der Waals surface area contributed by atoms with E-state index in [9.17, 15) is 0 Å². The van der Waals surface area contributed by atoms with Crippen LogP contribution in [0.25, 0.3) is 5.65 Å². The first-order valence-corrected chi connectivity index (χ1v) is 6.43. The molecule has 2 heterocycles. The molecule has 0 saturated carbocycles. The third-order valence-electron chi connectivity index (χ3n) is 1.40. The molecule has 4 heteroatoms. The summed E-state index contributed by atoms with van der Waals surface area (Å²) in [5.41, 5.74) is 0.948. The zero-order valence-electron chi connectivity index (χ0n) is 6.03. The fraction of sp³-hybridized carbons (Fsp3) is 0.143. The number of alkyl halides is 1. The summed E-state index contributed by atoms with van der Waals surface area (Å²) in [4.78, 5) is 6.58. The van der Waals surface area contributed by atoms with E-state index < -0.39 is 0 Å². The standard InChI is InChI=1S/C7H7IN3/c1-8-6-5-11-7(10-6)3-2-4-9-11/h2-5H,1H3/q-1. The third kappa shape index (κ3) is 1.22. The van der Waals surface area contributed by atoms with Gasteiger partial charge in [-0.05, 0) is 0 Å². The maximum atomic E-state index is 4.38. The van der Waals surface area contributed by atoms with Crippen molar-refractivity contribution in [2.24, 2.45) is 0 Å². The predicted molar refractivity (Wildman–Crippen MR) is 37.6 cm³/mol. The first-order chi connectivity index (χ1) is 5.40. The average molecular weight is 260 g/mol. The van der Waals surface area contributed by atoms with Gasteiger partial charge in [0, 0.05) is 0 Å². The van der Waals surface area contributed by atoms with E-state index in [-0.39, 0.29) is 21.2 Å². The van der Waals surface area contributed by atoms with Crippen molar-refractivity contribution in [1.29, 1.82) is 0 Å². The van der Waals surface area contributed by atoms with Crippen LogP contribution in [0.3, 0.4) is 0 Å². The number of hydrogen-bond donors (Lipinski definition) is 0. The Hall–Kier alpha value is -0.650. The number of hydrogen-bond acceptors (Lipinski definition) is 2. The zero-order valence-corrected chi connectivity index (χ0v) is 8.19. The van der Waals surface area contributed by atoms with Crippen LogP contribution in [0, 0.1) is 3.70 Å². The van der Waals surface area contributed by atoms with Crippen LogP contribution in [0.5, 0.6) is 0 Å². The second-order valence-corrected chi connectivity index (χ2v) is 4.26. The molecule has 11 heavy (non-hydrogen) atoms. The van der Waals surface area contributed by atoms with Crippen LogP contribution in [0.1, 0.15) is 0 Å². The van der Waals surface area contributed by atoms with E-state index >= 15 is 0 Å². The Bertz CT molecular complexity index is 335. The minimum absolute atomic E-state index is 0.0892. The maximum absolute atomic E-state index is 4.38. The van der Waals surface area contributed by atoms with E-state index in [0.29, 0.717) is 0 Å². The van der Waals surface area contributed by atoms with E-state index in [1.54, 1.807) is 6.20 Å². The molecule has 0 aliphatic rings. The molecule has 2 aromatic heterocycles. The molecule has 3 nitrogen and oxygen atoms in total. The molecule has 0 amide bonds. The van der Waals surface area contributed by atoms with Gasteiger partial charge in [-0.25, -0.2) is 0 Å². The van der Waals surface area contributed by atoms with Gasteiger partial charge in [0.1, 0.15) is 0 Å². The van der Waals surface area contributed by atoms with Crippen LogP contribution in [0.2, 0.25) is 0 Å². The molecule has 0 atom stereocenters. The summed E-state index contributed by atoms with van der Waals surface area (Å²) in [6.45, 7) is 0. The monoisotopic (exact) mass is 260 g/mol. The number of halogens is 1. The Morgan fingerprint density at radius 2 is 2.45 bits per heavy atom. The quantitative estimate of drug-likeness (QED) is 0.423. The third-order valence-corrected chi connectivity index (χ3v) is 3.03. The Kier molecular flexibility index (Phi) is 1.77. The molecule has 0 saturated heterocycles. The van der Waals surface area contributed by atoms with Gasteiger partial charge in [0.15, 0.2) is 0 Å². The molecular weight excluding hydrogens is 253 g/mol. The van der Waals surface area contributed by atoms with Gasteiger partial charge in [-0.15, -0.1) is 0 Å². The molecular formula is C7H7IN3-. The van der Waals surface area contributed by atoms with Gasteiger partial charge in [-0.2, -0.15) is 0 Å². The Labute approximate surface area is 74.7 Å². The summed E-state index contributed by atoms with van der Waals surface area (Å²) in [5.74, 6) is 0. The van der Waals surface area contributed by atoms with Crippen molar-refractivity contribution >= 4 is 5.65 Å². The number of rotatable bonds is 1. The van der Waals surface area contributed by atoms with Crippen LogP contribution < -0.4 is 21.2 Å². The summed E-state index contributed by atoms with van der Waals surface area (Å²) in [7, 11) is 0. The molecule has 0 fully saturated rings. The first-order valence-electron chi connectivity index (χ1n) is 3.20. The Morgan fingerprint density at radius 3 is 3.18 bits per heavy atom. The molecule has 0 unspecified atom stereocenters. The van der Waals surface area contributed by atoms with E-state index in [1.165, 1.54) is 3.70 Å². The number of fused-ring (bicyclic) bond motifs is 1. The minimum atomic E-state index is 0.0892. The molecule has 0 N–H and O–H groups in total. The molecule has 0 aromatic carbocycles. The number of aromatic nitrogens is 3. The molecule has 0 aliphatic carbocycles. The van der Waals surface area contributed by atoms with E-state index in [0.717, 1.165) is 5.65 Å². The molecule has 0 bridgehead atoms. The van der Waals surface area contributed by atoms with Crippen LogP contribution in [-0.2, 0) is 0 Å². The van der Waals surface area contributed by atoms with Gasteiger partial charge in [0.25, 0.3) is 0 Å². The zero-order chi connectivity index (χ0) is 7.68. The van der Waals surface area contributed by atoms with Gasteiger partial charge in [0.05, 0.1) is 0 Å². The SMILES string of the molecule is C[I-]c1cn2ncccc2n1. The van der Waals surface area contributed by atoms with Crippen molar-refractivity contribution in [3.63, 3.8) is 0 Å². The molecule has 0 spiro atoms. The fourth-order valence-electron chi connectivity index (χ4n) is 0.893. The van der Waals surface area contributed by atoms with Gasteiger partial charge in [0.2, 0.25) is 0 Å². The van der Waals surface area contributed by atoms with Crippen molar-refractivity contribution in [2.75, 3.05) is 4.93 Å². The van der Waals surface area contributed by atoms with E-state index in [4.69, 9.17) is 0 Å². The van der Waals surface area contributed by atoms with E-state index in [1.807, 2.05) is 22.8 Å². The molecule has 0 aliphatic heterocycles. The molecule has 2 rings (SSSR count). The van der Waals surface area contributed by atoms with Crippen LogP contribution in [0.4, 0.5) is 0 Å². The molecule has 2 aromatic rings. The van der Waals surface area contributed by atoms with Crippen molar-refractivity contribution in [2.45, 2.75) is 0 Å². The van der Waals surface area contributed by atoms with Gasteiger partial charge in [-0.3, -0.25) is 0 Å². The van der Waals surface area contributed by atoms with Crippen molar-refractivity contribution in [1.82, 2.24) is 14.6 Å². The number of imidazole rings is 1. The summed E-state index contributed by atoms with van der Waals surface area (Å²) in [5, 5.41) is 4.12. The van der Waals surface area contributed by atoms with Crippen molar-refractivity contribution in [3.8, 4) is 0 Å². The van der Waals surface area contributed by atoms with Crippen LogP contribution >= 0.6 is 0 Å². The van der Waals surface area contributed by atoms with Gasteiger partial charge < -0.3 is 0 Å². The molecule has 0 radical (unpaired) electrons. The van der Waals surface area contributed by atoms with Gasteiger partial charge in [-0.1, -0.05) is 0 Å². The average Bonchev–Trinajstić information content (AvgIpc) is 2.46. The Balaban J connectivity index is 2.69. The summed E-state index contributed by atoms with van der Waals surface area (Å²) in [6, 6.07) is 3.87. The van der Waals surface area contributed by atoms with Crippen molar-refractivity contribution in [3.05, 3.63) is 28.2 Å². The second-order valence-electron chi connectivity index (χ2n) is 2.08. The summed E-state index contributed by atoms with van der Waals surface area (Å²) < 4.78 is 3.01. The normalized spacial score (nSPS) is 11.0.